The number of amides is 2. The average Bonchev–Trinajstić information content (AvgIpc) is 2.64. The van der Waals surface area contributed by atoms with Crippen LogP contribution in [0.1, 0.15) is 6.42 Å². The third kappa shape index (κ3) is 2.39. The molecule has 108 valence electrons. The highest BCUT2D eigenvalue weighted by Gasteiger charge is 2.31. The van der Waals surface area contributed by atoms with E-state index in [2.05, 4.69) is 5.10 Å². The second kappa shape index (κ2) is 5.15. The molecule has 20 heavy (non-hydrogen) atoms. The molecule has 1 aliphatic rings. The second-order valence-electron chi connectivity index (χ2n) is 4.30. The largest absolute Gasteiger partial charge is 0.465 e. The minimum absolute atomic E-state index is 0.0192. The fraction of sp³-hybridized carbons (Fsp3) is 0.500. The number of carboxylic acid groups (broad SMARTS) is 1. The van der Waals surface area contributed by atoms with Crippen molar-refractivity contribution in [2.75, 3.05) is 24.5 Å². The highest BCUT2D eigenvalue weighted by molar-refractivity contribution is 5.95. The van der Waals surface area contributed by atoms with Gasteiger partial charge >= 0.3 is 11.8 Å². The van der Waals surface area contributed by atoms with Crippen molar-refractivity contribution in [3.63, 3.8) is 0 Å². The Morgan fingerprint density at radius 1 is 1.45 bits per heavy atom. The highest BCUT2D eigenvalue weighted by atomic mass is 16.6. The maximum atomic E-state index is 12.1. The van der Waals surface area contributed by atoms with Crippen LogP contribution in [0.2, 0.25) is 0 Å². The molecule has 2 amide bonds. The SMILES string of the molecule is Cn1ncc([N+](=O)[O-])c1N1CCN(C(=O)O)CCC1=O. The zero-order valence-corrected chi connectivity index (χ0v) is 10.7. The number of nitro groups is 1. The summed E-state index contributed by atoms with van der Waals surface area (Å²) in [7, 11) is 1.50. The predicted octanol–water partition coefficient (Wildman–Crippen LogP) is 0.0450. The maximum Gasteiger partial charge on any atom is 0.407 e. The van der Waals surface area contributed by atoms with Gasteiger partial charge in [0, 0.05) is 33.1 Å². The van der Waals surface area contributed by atoms with E-state index in [0.29, 0.717) is 0 Å². The summed E-state index contributed by atoms with van der Waals surface area (Å²) < 4.78 is 1.24. The first kappa shape index (κ1) is 13.8. The Hall–Kier alpha value is -2.65. The lowest BCUT2D eigenvalue weighted by atomic mass is 10.3. The van der Waals surface area contributed by atoms with Crippen LogP contribution in [0.15, 0.2) is 6.20 Å². The molecule has 0 saturated carbocycles. The predicted molar refractivity (Wildman–Crippen MR) is 66.4 cm³/mol. The van der Waals surface area contributed by atoms with Crippen LogP contribution in [0, 0.1) is 10.1 Å². The number of anilines is 1. The Morgan fingerprint density at radius 3 is 2.75 bits per heavy atom. The van der Waals surface area contributed by atoms with E-state index in [9.17, 15) is 19.7 Å². The van der Waals surface area contributed by atoms with Gasteiger partial charge in [-0.1, -0.05) is 0 Å². The molecule has 1 N–H and O–H groups in total. The van der Waals surface area contributed by atoms with Crippen molar-refractivity contribution in [2.24, 2.45) is 7.05 Å². The van der Waals surface area contributed by atoms with Gasteiger partial charge in [0.2, 0.25) is 11.7 Å². The molecule has 0 atom stereocenters. The topological polar surface area (TPSA) is 122 Å². The van der Waals surface area contributed by atoms with Gasteiger partial charge in [0.15, 0.2) is 0 Å². The molecule has 0 radical (unpaired) electrons. The van der Waals surface area contributed by atoms with Gasteiger partial charge in [-0.25, -0.2) is 9.48 Å². The number of rotatable bonds is 2. The van der Waals surface area contributed by atoms with Crippen LogP contribution in [-0.4, -0.2) is 56.3 Å². The van der Waals surface area contributed by atoms with Crippen LogP contribution in [0.5, 0.6) is 0 Å². The first-order chi connectivity index (χ1) is 9.41. The van der Waals surface area contributed by atoms with Gasteiger partial charge in [-0.2, -0.15) is 5.10 Å². The third-order valence-corrected chi connectivity index (χ3v) is 3.10. The van der Waals surface area contributed by atoms with Crippen LogP contribution in [-0.2, 0) is 11.8 Å². The minimum atomic E-state index is -1.11. The summed E-state index contributed by atoms with van der Waals surface area (Å²) in [5.74, 6) is -0.285. The summed E-state index contributed by atoms with van der Waals surface area (Å²) in [6.07, 6.45) is -0.0592. The molecule has 1 aliphatic heterocycles. The first-order valence-corrected chi connectivity index (χ1v) is 5.86. The molecular weight excluding hydrogens is 270 g/mol. The minimum Gasteiger partial charge on any atom is -0.465 e. The molecule has 0 bridgehead atoms. The Labute approximate surface area is 113 Å². The molecule has 1 fully saturated rings. The van der Waals surface area contributed by atoms with Gasteiger partial charge in [0.1, 0.15) is 6.20 Å². The van der Waals surface area contributed by atoms with Gasteiger partial charge in [0.25, 0.3) is 0 Å². The van der Waals surface area contributed by atoms with Gasteiger partial charge < -0.3 is 10.0 Å². The van der Waals surface area contributed by atoms with E-state index in [1.165, 1.54) is 16.6 Å². The summed E-state index contributed by atoms with van der Waals surface area (Å²) in [4.78, 5) is 35.6. The van der Waals surface area contributed by atoms with Crippen molar-refractivity contribution < 1.29 is 19.6 Å². The van der Waals surface area contributed by atoms with Crippen LogP contribution in [0.4, 0.5) is 16.3 Å². The van der Waals surface area contributed by atoms with E-state index in [1.807, 2.05) is 0 Å². The fourth-order valence-corrected chi connectivity index (χ4v) is 2.10. The van der Waals surface area contributed by atoms with E-state index in [0.717, 1.165) is 11.1 Å². The van der Waals surface area contributed by atoms with Gasteiger partial charge in [0.05, 0.1) is 4.92 Å². The number of aromatic nitrogens is 2. The quantitative estimate of drug-likeness (QED) is 0.604. The molecule has 2 heterocycles. The number of aryl methyl sites for hydroxylation is 1. The zero-order valence-electron chi connectivity index (χ0n) is 10.7. The Bertz CT molecular complexity index is 568. The van der Waals surface area contributed by atoms with Crippen molar-refractivity contribution in [1.82, 2.24) is 14.7 Å². The molecule has 1 aromatic rings. The lowest BCUT2D eigenvalue weighted by Gasteiger charge is -2.20. The summed E-state index contributed by atoms with van der Waals surface area (Å²) in [5, 5.41) is 23.7. The normalized spacial score (nSPS) is 16.1. The highest BCUT2D eigenvalue weighted by Crippen LogP contribution is 2.28. The number of carbonyl (C=O) groups excluding carboxylic acids is 1. The summed E-state index contributed by atoms with van der Waals surface area (Å²) in [5.41, 5.74) is -0.273. The van der Waals surface area contributed by atoms with Crippen LogP contribution in [0.25, 0.3) is 0 Å². The smallest absolute Gasteiger partial charge is 0.407 e. The lowest BCUT2D eigenvalue weighted by Crippen LogP contribution is -2.36. The zero-order chi connectivity index (χ0) is 14.9. The number of carbonyl (C=O) groups is 2. The molecule has 2 rings (SSSR count). The molecule has 0 aromatic carbocycles. The Kier molecular flexibility index (Phi) is 3.55. The summed E-state index contributed by atoms with van der Waals surface area (Å²) in [6, 6.07) is 0. The van der Waals surface area contributed by atoms with Crippen molar-refractivity contribution in [3.8, 4) is 0 Å². The molecule has 0 spiro atoms. The van der Waals surface area contributed by atoms with E-state index in [4.69, 9.17) is 5.11 Å². The molecule has 0 aliphatic carbocycles. The molecule has 1 aromatic heterocycles. The Morgan fingerprint density at radius 2 is 2.15 bits per heavy atom. The van der Waals surface area contributed by atoms with E-state index < -0.39 is 11.0 Å². The first-order valence-electron chi connectivity index (χ1n) is 5.86. The van der Waals surface area contributed by atoms with Crippen LogP contribution < -0.4 is 4.90 Å². The van der Waals surface area contributed by atoms with Gasteiger partial charge in [-0.3, -0.25) is 19.8 Å². The summed E-state index contributed by atoms with van der Waals surface area (Å²) in [6.45, 7) is 0.241. The van der Waals surface area contributed by atoms with Crippen molar-refractivity contribution in [1.29, 1.82) is 0 Å². The van der Waals surface area contributed by atoms with Gasteiger partial charge in [-0.05, 0) is 0 Å². The molecular formula is C10H13N5O5. The maximum absolute atomic E-state index is 12.1. The number of nitrogens with zero attached hydrogens (tertiary/aromatic N) is 5. The number of hydrogen-bond donors (Lipinski definition) is 1. The summed E-state index contributed by atoms with van der Waals surface area (Å²) >= 11 is 0. The van der Waals surface area contributed by atoms with Crippen LogP contribution in [0.3, 0.4) is 0 Å². The number of hydrogen-bond acceptors (Lipinski definition) is 5. The van der Waals surface area contributed by atoms with Crippen molar-refractivity contribution >= 4 is 23.5 Å². The third-order valence-electron chi connectivity index (χ3n) is 3.10. The van der Waals surface area contributed by atoms with E-state index in [1.54, 1.807) is 0 Å². The van der Waals surface area contributed by atoms with Crippen molar-refractivity contribution in [2.45, 2.75) is 6.42 Å². The van der Waals surface area contributed by atoms with Gasteiger partial charge in [-0.15, -0.1) is 0 Å². The monoisotopic (exact) mass is 283 g/mol. The van der Waals surface area contributed by atoms with Crippen molar-refractivity contribution in [3.05, 3.63) is 16.3 Å². The lowest BCUT2D eigenvalue weighted by molar-refractivity contribution is -0.384. The molecule has 0 unspecified atom stereocenters. The van der Waals surface area contributed by atoms with Crippen LogP contribution >= 0.6 is 0 Å². The van der Waals surface area contributed by atoms with E-state index in [-0.39, 0.29) is 43.5 Å². The molecule has 10 nitrogen and oxygen atoms in total. The molecule has 10 heteroatoms. The fourth-order valence-electron chi connectivity index (χ4n) is 2.10. The molecule has 1 saturated heterocycles. The average molecular weight is 283 g/mol. The standard InChI is InChI=1S/C10H13N5O5/c1-12-9(7(6-11-12)15(19)20)14-5-4-13(10(17)18)3-2-8(14)16/h6H,2-5H2,1H3,(H,17,18). The van der Waals surface area contributed by atoms with E-state index >= 15 is 0 Å². The Balaban J connectivity index is 2.32. The second-order valence-corrected chi connectivity index (χ2v) is 4.30.